The second-order valence-electron chi connectivity index (χ2n) is 2.79. The number of aryl methyl sites for hydroxylation is 2. The molecule has 0 bridgehead atoms. The third-order valence-electron chi connectivity index (χ3n) is 1.79. The molecule has 0 spiro atoms. The standard InChI is InChI=1S/C10H10O3.Na.H/c1-7-3-4-9(5-8(7)2)13-10(12)6-11;;/h3-6H,1-2H3;;/q;+1;-1. The number of esters is 1. The van der Waals surface area contributed by atoms with Crippen molar-refractivity contribution in [1.82, 2.24) is 0 Å². The first-order chi connectivity index (χ1) is 6.13. The molecule has 0 aliphatic rings. The van der Waals surface area contributed by atoms with E-state index in [0.29, 0.717) is 5.75 Å². The number of carbonyl (C=O) groups excluding carboxylic acids is 2. The van der Waals surface area contributed by atoms with Gasteiger partial charge in [0.1, 0.15) is 5.75 Å². The van der Waals surface area contributed by atoms with Gasteiger partial charge in [-0.3, -0.25) is 4.79 Å². The van der Waals surface area contributed by atoms with Gasteiger partial charge < -0.3 is 6.16 Å². The molecule has 0 atom stereocenters. The van der Waals surface area contributed by atoms with Crippen LogP contribution in [0.3, 0.4) is 0 Å². The molecular weight excluding hydrogens is 191 g/mol. The quantitative estimate of drug-likeness (QED) is 0.193. The fraction of sp³-hybridized carbons (Fsp3) is 0.200. The summed E-state index contributed by atoms with van der Waals surface area (Å²) >= 11 is 0. The number of carbonyl (C=O) groups is 2. The summed E-state index contributed by atoms with van der Waals surface area (Å²) in [6.45, 7) is 3.87. The van der Waals surface area contributed by atoms with Crippen LogP contribution < -0.4 is 34.3 Å². The van der Waals surface area contributed by atoms with E-state index in [1.807, 2.05) is 19.9 Å². The van der Waals surface area contributed by atoms with Crippen molar-refractivity contribution < 1.29 is 45.3 Å². The normalized spacial score (nSPS) is 8.71. The van der Waals surface area contributed by atoms with E-state index in [-0.39, 0.29) is 37.3 Å². The first-order valence-electron chi connectivity index (χ1n) is 3.87. The first kappa shape index (κ1) is 13.4. The number of rotatable bonds is 2. The molecule has 14 heavy (non-hydrogen) atoms. The van der Waals surface area contributed by atoms with E-state index >= 15 is 0 Å². The molecule has 0 saturated carbocycles. The summed E-state index contributed by atoms with van der Waals surface area (Å²) < 4.78 is 4.69. The minimum Gasteiger partial charge on any atom is -1.00 e. The molecule has 0 unspecified atom stereocenters. The van der Waals surface area contributed by atoms with E-state index in [4.69, 9.17) is 4.74 Å². The summed E-state index contributed by atoms with van der Waals surface area (Å²) in [6, 6.07) is 5.21. The molecule has 0 N–H and O–H groups in total. The van der Waals surface area contributed by atoms with E-state index in [9.17, 15) is 9.59 Å². The van der Waals surface area contributed by atoms with Crippen LogP contribution in [0.5, 0.6) is 5.75 Å². The van der Waals surface area contributed by atoms with E-state index < -0.39 is 5.97 Å². The van der Waals surface area contributed by atoms with Gasteiger partial charge in [0.2, 0.25) is 6.29 Å². The molecule has 0 radical (unpaired) electrons. The van der Waals surface area contributed by atoms with E-state index in [1.54, 1.807) is 12.1 Å². The minimum absolute atomic E-state index is 0. The maximum absolute atomic E-state index is 10.6. The topological polar surface area (TPSA) is 43.4 Å². The van der Waals surface area contributed by atoms with Crippen LogP contribution in [0.4, 0.5) is 0 Å². The second-order valence-corrected chi connectivity index (χ2v) is 2.79. The Hall–Kier alpha value is -0.640. The summed E-state index contributed by atoms with van der Waals surface area (Å²) in [5.41, 5.74) is 2.14. The SMILES string of the molecule is Cc1ccc(OC(=O)C=O)cc1C.[H-].[Na+]. The Kier molecular flexibility index (Phi) is 5.69. The molecule has 1 rings (SSSR count). The van der Waals surface area contributed by atoms with Crippen molar-refractivity contribution in [2.75, 3.05) is 0 Å². The predicted molar refractivity (Wildman–Crippen MR) is 48.7 cm³/mol. The summed E-state index contributed by atoms with van der Waals surface area (Å²) in [6.07, 6.45) is 0.148. The maximum Gasteiger partial charge on any atom is 1.00 e. The number of benzene rings is 1. The van der Waals surface area contributed by atoms with Crippen LogP contribution in [-0.4, -0.2) is 12.3 Å². The van der Waals surface area contributed by atoms with Crippen LogP contribution in [0.1, 0.15) is 12.6 Å². The molecule has 0 aliphatic heterocycles. The van der Waals surface area contributed by atoms with Crippen molar-refractivity contribution in [3.8, 4) is 5.75 Å². The summed E-state index contributed by atoms with van der Waals surface area (Å²) in [5, 5.41) is 0. The first-order valence-corrected chi connectivity index (χ1v) is 3.87. The number of hydrogen-bond donors (Lipinski definition) is 0. The van der Waals surface area contributed by atoms with Crippen molar-refractivity contribution in [2.45, 2.75) is 13.8 Å². The Balaban J connectivity index is 0. The van der Waals surface area contributed by atoms with Gasteiger partial charge in [0, 0.05) is 0 Å². The van der Waals surface area contributed by atoms with Crippen molar-refractivity contribution in [3.63, 3.8) is 0 Å². The number of aldehydes is 1. The van der Waals surface area contributed by atoms with Crippen LogP contribution in [0.25, 0.3) is 0 Å². The van der Waals surface area contributed by atoms with E-state index in [0.717, 1.165) is 11.1 Å². The van der Waals surface area contributed by atoms with Crippen LogP contribution in [0.15, 0.2) is 18.2 Å². The fourth-order valence-corrected chi connectivity index (χ4v) is 0.918. The van der Waals surface area contributed by atoms with Crippen LogP contribution in [0.2, 0.25) is 0 Å². The Bertz CT molecular complexity index is 353. The zero-order valence-corrected chi connectivity index (χ0v) is 10.5. The van der Waals surface area contributed by atoms with Gasteiger partial charge >= 0.3 is 35.5 Å². The van der Waals surface area contributed by atoms with Gasteiger partial charge in [-0.2, -0.15) is 0 Å². The molecule has 0 fully saturated rings. The molecule has 0 aliphatic carbocycles. The van der Waals surface area contributed by atoms with Crippen molar-refractivity contribution in [2.24, 2.45) is 0 Å². The van der Waals surface area contributed by atoms with Gasteiger partial charge in [0.25, 0.3) is 0 Å². The molecule has 4 heteroatoms. The van der Waals surface area contributed by atoms with Gasteiger partial charge in [-0.25, -0.2) is 4.79 Å². The largest absolute Gasteiger partial charge is 1.00 e. The average Bonchev–Trinajstić information content (AvgIpc) is 2.11. The molecule has 0 heterocycles. The predicted octanol–water partition coefficient (Wildman–Crippen LogP) is -1.48. The molecule has 70 valence electrons. The second kappa shape index (κ2) is 5.96. The summed E-state index contributed by atoms with van der Waals surface area (Å²) in [7, 11) is 0. The van der Waals surface area contributed by atoms with Gasteiger partial charge in [-0.15, -0.1) is 0 Å². The number of ether oxygens (including phenoxy) is 1. The fourth-order valence-electron chi connectivity index (χ4n) is 0.918. The Morgan fingerprint density at radius 2 is 2.00 bits per heavy atom. The molecule has 1 aromatic carbocycles. The third-order valence-corrected chi connectivity index (χ3v) is 1.79. The molecule has 3 nitrogen and oxygen atoms in total. The van der Waals surface area contributed by atoms with Crippen LogP contribution >= 0.6 is 0 Å². The monoisotopic (exact) mass is 202 g/mol. The number of hydrogen-bond acceptors (Lipinski definition) is 3. The van der Waals surface area contributed by atoms with Crippen LogP contribution in [-0.2, 0) is 9.59 Å². The smallest absolute Gasteiger partial charge is 1.00 e. The molecule has 0 saturated heterocycles. The Labute approximate surface area is 106 Å². The maximum atomic E-state index is 10.6. The average molecular weight is 202 g/mol. The van der Waals surface area contributed by atoms with E-state index in [1.165, 1.54) is 0 Å². The third kappa shape index (κ3) is 3.62. The van der Waals surface area contributed by atoms with Gasteiger partial charge in [-0.05, 0) is 37.1 Å². The summed E-state index contributed by atoms with van der Waals surface area (Å²) in [4.78, 5) is 20.6. The van der Waals surface area contributed by atoms with E-state index in [2.05, 4.69) is 0 Å². The van der Waals surface area contributed by atoms with Crippen LogP contribution in [0, 0.1) is 13.8 Å². The molecular formula is C10H11NaO3. The van der Waals surface area contributed by atoms with Gasteiger partial charge in [-0.1, -0.05) is 6.07 Å². The zero-order chi connectivity index (χ0) is 9.84. The Morgan fingerprint density at radius 1 is 1.36 bits per heavy atom. The van der Waals surface area contributed by atoms with Crippen molar-refractivity contribution >= 4 is 12.3 Å². The molecule has 0 amide bonds. The Morgan fingerprint density at radius 3 is 2.50 bits per heavy atom. The van der Waals surface area contributed by atoms with Crippen molar-refractivity contribution in [1.29, 1.82) is 0 Å². The molecule has 0 aromatic heterocycles. The summed E-state index contributed by atoms with van der Waals surface area (Å²) in [5.74, 6) is -0.469. The van der Waals surface area contributed by atoms with Gasteiger partial charge in [0.15, 0.2) is 0 Å². The zero-order valence-electron chi connectivity index (χ0n) is 9.53. The van der Waals surface area contributed by atoms with Crippen molar-refractivity contribution in [3.05, 3.63) is 29.3 Å². The van der Waals surface area contributed by atoms with Gasteiger partial charge in [0.05, 0.1) is 0 Å². The molecule has 1 aromatic rings. The minimum atomic E-state index is -0.872.